The Labute approximate surface area is 181 Å². The van der Waals surface area contributed by atoms with Crippen LogP contribution in [-0.2, 0) is 14.3 Å². The maximum atomic E-state index is 13.0. The third-order valence-electron chi connectivity index (χ3n) is 5.39. The Morgan fingerprint density at radius 2 is 1.87 bits per heavy atom. The molecule has 1 amide bonds. The summed E-state index contributed by atoms with van der Waals surface area (Å²) >= 11 is 0. The van der Waals surface area contributed by atoms with E-state index in [1.807, 2.05) is 13.8 Å². The highest BCUT2D eigenvalue weighted by molar-refractivity contribution is 6.46. The van der Waals surface area contributed by atoms with Gasteiger partial charge in [-0.3, -0.25) is 9.59 Å². The standard InChI is InChI=1S/C24H27NO6/c1-14(2)18-13-16(8-9-19(18)31-4)22(27)20-21(15-6-5-7-17(26)12-15)25(10-11-30-3)24(29)23(20)28/h5-9,12-14,21,26-27H,10-11H2,1-4H3/b22-20-. The molecule has 0 radical (unpaired) electrons. The number of Topliss-reactive ketones (excluding diaryl/α,β-unsaturated/α-hetero) is 1. The van der Waals surface area contributed by atoms with Gasteiger partial charge >= 0.3 is 0 Å². The van der Waals surface area contributed by atoms with Gasteiger partial charge in [0.05, 0.1) is 25.3 Å². The largest absolute Gasteiger partial charge is 0.508 e. The van der Waals surface area contributed by atoms with Crippen LogP contribution in [0, 0.1) is 0 Å². The average molecular weight is 425 g/mol. The minimum absolute atomic E-state index is 0.00127. The van der Waals surface area contributed by atoms with Gasteiger partial charge in [0, 0.05) is 19.2 Å². The molecule has 7 heteroatoms. The first-order valence-corrected chi connectivity index (χ1v) is 10.0. The lowest BCUT2D eigenvalue weighted by atomic mass is 9.93. The predicted octanol–water partition coefficient (Wildman–Crippen LogP) is 3.59. The molecule has 2 aromatic rings. The fourth-order valence-corrected chi connectivity index (χ4v) is 3.83. The van der Waals surface area contributed by atoms with Crippen molar-refractivity contribution in [2.75, 3.05) is 27.4 Å². The zero-order chi connectivity index (χ0) is 22.7. The van der Waals surface area contributed by atoms with Crippen LogP contribution in [-0.4, -0.2) is 54.2 Å². The smallest absolute Gasteiger partial charge is 0.295 e. The maximum Gasteiger partial charge on any atom is 0.295 e. The van der Waals surface area contributed by atoms with Crippen molar-refractivity contribution >= 4 is 17.4 Å². The number of ether oxygens (including phenoxy) is 2. The molecule has 0 bridgehead atoms. The molecular weight excluding hydrogens is 398 g/mol. The number of aromatic hydroxyl groups is 1. The summed E-state index contributed by atoms with van der Waals surface area (Å²) in [6.07, 6.45) is 0. The van der Waals surface area contributed by atoms with Gasteiger partial charge in [0.1, 0.15) is 17.3 Å². The summed E-state index contributed by atoms with van der Waals surface area (Å²) in [6.45, 7) is 4.39. The number of phenols is 1. The number of aliphatic hydroxyl groups is 1. The van der Waals surface area contributed by atoms with E-state index in [1.165, 1.54) is 24.1 Å². The molecule has 1 heterocycles. The van der Waals surface area contributed by atoms with Crippen molar-refractivity contribution in [2.24, 2.45) is 0 Å². The van der Waals surface area contributed by atoms with E-state index in [2.05, 4.69) is 0 Å². The van der Waals surface area contributed by atoms with Gasteiger partial charge in [-0.2, -0.15) is 0 Å². The number of nitrogens with zero attached hydrogens (tertiary/aromatic N) is 1. The molecule has 1 saturated heterocycles. The number of benzene rings is 2. The number of rotatable bonds is 7. The first kappa shape index (κ1) is 22.4. The lowest BCUT2D eigenvalue weighted by Crippen LogP contribution is -2.32. The van der Waals surface area contributed by atoms with Crippen molar-refractivity contribution < 1.29 is 29.3 Å². The van der Waals surface area contributed by atoms with Crippen LogP contribution >= 0.6 is 0 Å². The number of phenolic OH excluding ortho intramolecular Hbond substituents is 1. The Morgan fingerprint density at radius 1 is 1.13 bits per heavy atom. The van der Waals surface area contributed by atoms with E-state index in [-0.39, 0.29) is 36.2 Å². The number of carbonyl (C=O) groups is 2. The van der Waals surface area contributed by atoms with E-state index in [9.17, 15) is 19.8 Å². The number of amides is 1. The number of ketones is 1. The zero-order valence-electron chi connectivity index (χ0n) is 18.1. The summed E-state index contributed by atoms with van der Waals surface area (Å²) in [5, 5.41) is 21.1. The molecule has 7 nitrogen and oxygen atoms in total. The highest BCUT2D eigenvalue weighted by Crippen LogP contribution is 2.40. The van der Waals surface area contributed by atoms with Crippen LogP contribution in [0.5, 0.6) is 11.5 Å². The van der Waals surface area contributed by atoms with Crippen LogP contribution in [0.2, 0.25) is 0 Å². The third-order valence-corrected chi connectivity index (χ3v) is 5.39. The lowest BCUT2D eigenvalue weighted by molar-refractivity contribution is -0.140. The predicted molar refractivity (Wildman–Crippen MR) is 116 cm³/mol. The Kier molecular flexibility index (Phi) is 6.65. The SMILES string of the molecule is COCCN1C(=O)C(=O)/C(=C(\O)c2ccc(OC)c(C(C)C)c2)C1c1cccc(O)c1. The monoisotopic (exact) mass is 425 g/mol. The number of aliphatic hydroxyl groups excluding tert-OH is 1. The van der Waals surface area contributed by atoms with Crippen molar-refractivity contribution in [1.29, 1.82) is 0 Å². The van der Waals surface area contributed by atoms with E-state index < -0.39 is 17.7 Å². The second-order valence-corrected chi connectivity index (χ2v) is 7.69. The van der Waals surface area contributed by atoms with Crippen LogP contribution in [0.1, 0.15) is 42.5 Å². The molecular formula is C24H27NO6. The van der Waals surface area contributed by atoms with E-state index in [1.54, 1.807) is 37.4 Å². The summed E-state index contributed by atoms with van der Waals surface area (Å²) in [5.74, 6) is -0.962. The second-order valence-electron chi connectivity index (χ2n) is 7.69. The lowest BCUT2D eigenvalue weighted by Gasteiger charge is -2.25. The van der Waals surface area contributed by atoms with Gasteiger partial charge in [0.25, 0.3) is 11.7 Å². The van der Waals surface area contributed by atoms with Crippen LogP contribution in [0.25, 0.3) is 5.76 Å². The number of carbonyl (C=O) groups excluding carboxylic acids is 2. The maximum absolute atomic E-state index is 13.0. The highest BCUT2D eigenvalue weighted by Gasteiger charge is 2.46. The molecule has 1 fully saturated rings. The first-order chi connectivity index (χ1) is 14.8. The van der Waals surface area contributed by atoms with E-state index >= 15 is 0 Å². The molecule has 0 aliphatic carbocycles. The molecule has 1 unspecified atom stereocenters. The summed E-state index contributed by atoms with van der Waals surface area (Å²) in [4.78, 5) is 27.1. The molecule has 1 aliphatic rings. The third kappa shape index (κ3) is 4.27. The summed E-state index contributed by atoms with van der Waals surface area (Å²) < 4.78 is 10.5. The number of methoxy groups -OCH3 is 2. The van der Waals surface area contributed by atoms with Crippen LogP contribution in [0.15, 0.2) is 48.0 Å². The Morgan fingerprint density at radius 3 is 2.48 bits per heavy atom. The van der Waals surface area contributed by atoms with Crippen LogP contribution < -0.4 is 4.74 Å². The zero-order valence-corrected chi connectivity index (χ0v) is 18.1. The van der Waals surface area contributed by atoms with E-state index in [4.69, 9.17) is 9.47 Å². The summed E-state index contributed by atoms with van der Waals surface area (Å²) in [7, 11) is 3.08. The quantitative estimate of drug-likeness (QED) is 0.400. The van der Waals surface area contributed by atoms with Gasteiger partial charge in [-0.1, -0.05) is 26.0 Å². The Hall–Kier alpha value is -3.32. The van der Waals surface area contributed by atoms with Gasteiger partial charge < -0.3 is 24.6 Å². The second kappa shape index (κ2) is 9.22. The molecule has 0 spiro atoms. The molecule has 1 atom stereocenters. The minimum atomic E-state index is -0.841. The minimum Gasteiger partial charge on any atom is -0.508 e. The van der Waals surface area contributed by atoms with Crippen molar-refractivity contribution in [3.8, 4) is 11.5 Å². The van der Waals surface area contributed by atoms with Crippen molar-refractivity contribution in [1.82, 2.24) is 4.90 Å². The Balaban J connectivity index is 2.19. The molecule has 2 N–H and O–H groups in total. The Bertz CT molecular complexity index is 1030. The summed E-state index contributed by atoms with van der Waals surface area (Å²) in [6, 6.07) is 10.6. The molecule has 31 heavy (non-hydrogen) atoms. The number of likely N-dealkylation sites (tertiary alicyclic amines) is 1. The van der Waals surface area contributed by atoms with Crippen molar-refractivity contribution in [2.45, 2.75) is 25.8 Å². The van der Waals surface area contributed by atoms with Gasteiger partial charge in [0.2, 0.25) is 0 Å². The van der Waals surface area contributed by atoms with Gasteiger partial charge in [-0.15, -0.1) is 0 Å². The van der Waals surface area contributed by atoms with Crippen LogP contribution in [0.3, 0.4) is 0 Å². The van der Waals surface area contributed by atoms with Crippen LogP contribution in [0.4, 0.5) is 0 Å². The van der Waals surface area contributed by atoms with Crippen molar-refractivity contribution in [3.63, 3.8) is 0 Å². The molecule has 2 aromatic carbocycles. The molecule has 3 rings (SSSR count). The molecule has 164 valence electrons. The fourth-order valence-electron chi connectivity index (χ4n) is 3.83. The van der Waals surface area contributed by atoms with Crippen molar-refractivity contribution in [3.05, 3.63) is 64.7 Å². The normalized spacial score (nSPS) is 18.1. The molecule has 0 saturated carbocycles. The highest BCUT2D eigenvalue weighted by atomic mass is 16.5. The fraction of sp³-hybridized carbons (Fsp3) is 0.333. The number of hydrogen-bond acceptors (Lipinski definition) is 6. The van der Waals surface area contributed by atoms with E-state index in [0.29, 0.717) is 16.9 Å². The molecule has 0 aromatic heterocycles. The van der Waals surface area contributed by atoms with Gasteiger partial charge in [-0.05, 0) is 47.4 Å². The molecule has 1 aliphatic heterocycles. The van der Waals surface area contributed by atoms with E-state index in [0.717, 1.165) is 5.56 Å². The number of hydrogen-bond donors (Lipinski definition) is 2. The van der Waals surface area contributed by atoms with Gasteiger partial charge in [0.15, 0.2) is 0 Å². The average Bonchev–Trinajstić information content (AvgIpc) is 3.01. The topological polar surface area (TPSA) is 96.3 Å². The van der Waals surface area contributed by atoms with Gasteiger partial charge in [-0.25, -0.2) is 0 Å². The first-order valence-electron chi connectivity index (χ1n) is 10.0. The summed E-state index contributed by atoms with van der Waals surface area (Å²) in [5.41, 5.74) is 1.79.